The number of benzene rings is 1. The van der Waals surface area contributed by atoms with E-state index in [1.807, 2.05) is 25.1 Å². The van der Waals surface area contributed by atoms with E-state index in [1.54, 1.807) is 7.11 Å². The number of carbonyl (C=O) groups excluding carboxylic acids is 2. The van der Waals surface area contributed by atoms with Crippen LogP contribution in [0.25, 0.3) is 0 Å². The van der Waals surface area contributed by atoms with Gasteiger partial charge in [0.15, 0.2) is 6.54 Å². The quantitative estimate of drug-likeness (QED) is 0.565. The van der Waals surface area contributed by atoms with Gasteiger partial charge in [-0.3, -0.25) is 9.59 Å². The Morgan fingerprint density at radius 1 is 1.20 bits per heavy atom. The lowest BCUT2D eigenvalue weighted by Crippen LogP contribution is -3.16. The molecule has 0 bridgehead atoms. The highest BCUT2D eigenvalue weighted by atomic mass is 16.5. The van der Waals surface area contributed by atoms with Crippen molar-refractivity contribution in [3.8, 4) is 5.75 Å². The van der Waals surface area contributed by atoms with Gasteiger partial charge in [0.1, 0.15) is 5.75 Å². The molecule has 0 unspecified atom stereocenters. The molecule has 25 heavy (non-hydrogen) atoms. The monoisotopic (exact) mass is 349 g/mol. The van der Waals surface area contributed by atoms with Crippen LogP contribution in [0.4, 0.5) is 5.69 Å². The van der Waals surface area contributed by atoms with Crippen LogP contribution in [-0.4, -0.2) is 64.7 Å². The van der Waals surface area contributed by atoms with Crippen LogP contribution in [0.3, 0.4) is 0 Å². The number of rotatable bonds is 8. The summed E-state index contributed by atoms with van der Waals surface area (Å²) in [6.07, 6.45) is 0.890. The zero-order valence-electron chi connectivity index (χ0n) is 15.1. The highest BCUT2D eigenvalue weighted by Crippen LogP contribution is 2.20. The number of nitrogens with zero attached hydrogens (tertiary/aromatic N) is 1. The molecular formula is C18H29N4O3+. The van der Waals surface area contributed by atoms with E-state index in [-0.39, 0.29) is 18.4 Å². The summed E-state index contributed by atoms with van der Waals surface area (Å²) in [6, 6.07) is 8.04. The molecule has 1 heterocycles. The SMILES string of the molecule is CCCNC(=O)CNC(=O)C[NH+]1CCN(c2cccc(OC)c2)CC1. The Morgan fingerprint density at radius 2 is 1.96 bits per heavy atom. The molecule has 0 saturated carbocycles. The van der Waals surface area contributed by atoms with Gasteiger partial charge >= 0.3 is 0 Å². The van der Waals surface area contributed by atoms with Crippen molar-refractivity contribution in [2.45, 2.75) is 13.3 Å². The summed E-state index contributed by atoms with van der Waals surface area (Å²) in [5.41, 5.74) is 1.15. The molecule has 1 aromatic carbocycles. The molecule has 0 spiro atoms. The van der Waals surface area contributed by atoms with Gasteiger partial charge in [-0.15, -0.1) is 0 Å². The molecule has 0 radical (unpaired) electrons. The first kappa shape index (κ1) is 19.1. The van der Waals surface area contributed by atoms with E-state index in [4.69, 9.17) is 4.74 Å². The fourth-order valence-corrected chi connectivity index (χ4v) is 2.86. The molecule has 1 saturated heterocycles. The zero-order chi connectivity index (χ0) is 18.1. The minimum absolute atomic E-state index is 0.0576. The van der Waals surface area contributed by atoms with E-state index in [2.05, 4.69) is 21.6 Å². The van der Waals surface area contributed by atoms with Crippen molar-refractivity contribution in [1.29, 1.82) is 0 Å². The van der Waals surface area contributed by atoms with Crippen LogP contribution < -0.4 is 25.2 Å². The Labute approximate surface area is 149 Å². The van der Waals surface area contributed by atoms with Crippen molar-refractivity contribution < 1.29 is 19.2 Å². The van der Waals surface area contributed by atoms with Gasteiger partial charge in [-0.1, -0.05) is 13.0 Å². The Morgan fingerprint density at radius 3 is 2.64 bits per heavy atom. The fourth-order valence-electron chi connectivity index (χ4n) is 2.86. The molecule has 7 heteroatoms. The van der Waals surface area contributed by atoms with Gasteiger partial charge in [0, 0.05) is 18.3 Å². The first-order valence-corrected chi connectivity index (χ1v) is 8.88. The van der Waals surface area contributed by atoms with Crippen molar-refractivity contribution in [2.75, 3.05) is 57.8 Å². The summed E-state index contributed by atoms with van der Waals surface area (Å²) < 4.78 is 5.27. The predicted molar refractivity (Wildman–Crippen MR) is 97.1 cm³/mol. The molecule has 1 aliphatic heterocycles. The minimum Gasteiger partial charge on any atom is -0.497 e. The number of anilines is 1. The summed E-state index contributed by atoms with van der Waals surface area (Å²) in [6.45, 7) is 6.69. The van der Waals surface area contributed by atoms with E-state index in [1.165, 1.54) is 4.90 Å². The summed E-state index contributed by atoms with van der Waals surface area (Å²) >= 11 is 0. The maximum absolute atomic E-state index is 12.0. The largest absolute Gasteiger partial charge is 0.497 e. The Bertz CT molecular complexity index is 571. The molecule has 2 amide bonds. The number of hydrogen-bond acceptors (Lipinski definition) is 4. The summed E-state index contributed by atoms with van der Waals surface area (Å²) in [5.74, 6) is 0.650. The van der Waals surface area contributed by atoms with Crippen LogP contribution in [0.2, 0.25) is 0 Å². The number of quaternary nitrogens is 1. The molecule has 3 N–H and O–H groups in total. The third-order valence-corrected chi connectivity index (χ3v) is 4.32. The molecule has 1 aromatic rings. The number of piperazine rings is 1. The third kappa shape index (κ3) is 6.26. The number of ether oxygens (including phenoxy) is 1. The normalized spacial score (nSPS) is 14.9. The average Bonchev–Trinajstić information content (AvgIpc) is 2.65. The lowest BCUT2D eigenvalue weighted by Gasteiger charge is -2.33. The van der Waals surface area contributed by atoms with E-state index in [9.17, 15) is 9.59 Å². The molecule has 1 aliphatic rings. The van der Waals surface area contributed by atoms with E-state index < -0.39 is 0 Å². The molecule has 138 valence electrons. The van der Waals surface area contributed by atoms with Crippen LogP contribution in [0.1, 0.15) is 13.3 Å². The van der Waals surface area contributed by atoms with E-state index in [0.29, 0.717) is 13.1 Å². The lowest BCUT2D eigenvalue weighted by atomic mass is 10.2. The molecule has 0 atom stereocenters. The highest BCUT2D eigenvalue weighted by Gasteiger charge is 2.22. The molecule has 0 aromatic heterocycles. The topological polar surface area (TPSA) is 75.1 Å². The molecular weight excluding hydrogens is 320 g/mol. The summed E-state index contributed by atoms with van der Waals surface area (Å²) in [5, 5.41) is 5.44. The second-order valence-electron chi connectivity index (χ2n) is 6.24. The van der Waals surface area contributed by atoms with Gasteiger partial charge < -0.3 is 25.2 Å². The van der Waals surface area contributed by atoms with Crippen molar-refractivity contribution >= 4 is 17.5 Å². The van der Waals surface area contributed by atoms with Crippen LogP contribution >= 0.6 is 0 Å². The number of carbonyl (C=O) groups is 2. The van der Waals surface area contributed by atoms with Gasteiger partial charge in [0.05, 0.1) is 39.8 Å². The standard InChI is InChI=1S/C18H28N4O3/c1-3-7-19-17(23)13-20-18(24)14-21-8-10-22(11-9-21)15-5-4-6-16(12-15)25-2/h4-6,12H,3,7-11,13-14H2,1-2H3,(H,19,23)(H,20,24)/p+1. The molecule has 7 nitrogen and oxygen atoms in total. The third-order valence-electron chi connectivity index (χ3n) is 4.32. The van der Waals surface area contributed by atoms with Crippen LogP contribution in [-0.2, 0) is 9.59 Å². The second kappa shape index (κ2) is 9.88. The number of amides is 2. The summed E-state index contributed by atoms with van der Waals surface area (Å²) in [4.78, 5) is 27.0. The average molecular weight is 349 g/mol. The highest BCUT2D eigenvalue weighted by molar-refractivity contribution is 5.84. The number of nitrogens with one attached hydrogen (secondary N) is 3. The Balaban J connectivity index is 1.71. The summed E-state index contributed by atoms with van der Waals surface area (Å²) in [7, 11) is 1.67. The Kier molecular flexibility index (Phi) is 7.53. The van der Waals surface area contributed by atoms with Gasteiger partial charge in [-0.25, -0.2) is 0 Å². The van der Waals surface area contributed by atoms with E-state index in [0.717, 1.165) is 44.0 Å². The number of methoxy groups -OCH3 is 1. The molecule has 1 fully saturated rings. The molecule has 0 aliphatic carbocycles. The first-order chi connectivity index (χ1) is 12.1. The maximum Gasteiger partial charge on any atom is 0.275 e. The molecule has 2 rings (SSSR count). The van der Waals surface area contributed by atoms with Crippen LogP contribution in [0, 0.1) is 0 Å². The zero-order valence-corrected chi connectivity index (χ0v) is 15.1. The fraction of sp³-hybridized carbons (Fsp3) is 0.556. The smallest absolute Gasteiger partial charge is 0.275 e. The van der Waals surface area contributed by atoms with Gasteiger partial charge in [0.25, 0.3) is 5.91 Å². The second-order valence-corrected chi connectivity index (χ2v) is 6.24. The van der Waals surface area contributed by atoms with Crippen molar-refractivity contribution in [3.05, 3.63) is 24.3 Å². The van der Waals surface area contributed by atoms with Crippen LogP contribution in [0.15, 0.2) is 24.3 Å². The van der Waals surface area contributed by atoms with E-state index >= 15 is 0 Å². The van der Waals surface area contributed by atoms with Crippen molar-refractivity contribution in [3.63, 3.8) is 0 Å². The van der Waals surface area contributed by atoms with Crippen molar-refractivity contribution in [2.24, 2.45) is 0 Å². The Hall–Kier alpha value is -2.28. The maximum atomic E-state index is 12.0. The first-order valence-electron chi connectivity index (χ1n) is 8.88. The van der Waals surface area contributed by atoms with Crippen molar-refractivity contribution in [1.82, 2.24) is 10.6 Å². The van der Waals surface area contributed by atoms with Gasteiger partial charge in [-0.05, 0) is 18.6 Å². The van der Waals surface area contributed by atoms with Gasteiger partial charge in [0.2, 0.25) is 5.91 Å². The number of hydrogen-bond donors (Lipinski definition) is 3. The lowest BCUT2D eigenvalue weighted by molar-refractivity contribution is -0.892. The minimum atomic E-state index is -0.131. The van der Waals surface area contributed by atoms with Crippen LogP contribution in [0.5, 0.6) is 5.75 Å². The predicted octanol–water partition coefficient (Wildman–Crippen LogP) is -0.957. The van der Waals surface area contributed by atoms with Gasteiger partial charge in [-0.2, -0.15) is 0 Å².